The van der Waals surface area contributed by atoms with Gasteiger partial charge >= 0.3 is 0 Å². The Morgan fingerprint density at radius 2 is 1.89 bits per heavy atom. The number of benzene rings is 2. The summed E-state index contributed by atoms with van der Waals surface area (Å²) in [7, 11) is 0. The van der Waals surface area contributed by atoms with Gasteiger partial charge in [0, 0.05) is 10.2 Å². The molecule has 0 aliphatic rings. The first-order valence-electron chi connectivity index (χ1n) is 5.81. The standard InChI is InChI=1S/C15H13BrClNO/c1-9-6-7-11(16)8-13(9)18-15(19)12-5-3-4-10(2)14(12)17/h3-8H,1-2H3,(H,18,19). The van der Waals surface area contributed by atoms with Crippen LogP contribution < -0.4 is 5.32 Å². The van der Waals surface area contributed by atoms with E-state index < -0.39 is 0 Å². The van der Waals surface area contributed by atoms with Gasteiger partial charge in [-0.2, -0.15) is 0 Å². The number of carbonyl (C=O) groups excluding carboxylic acids is 1. The summed E-state index contributed by atoms with van der Waals surface area (Å²) in [6, 6.07) is 11.2. The van der Waals surface area contributed by atoms with Gasteiger partial charge in [-0.25, -0.2) is 0 Å². The average Bonchev–Trinajstić information content (AvgIpc) is 2.37. The molecular formula is C15H13BrClNO. The van der Waals surface area contributed by atoms with Crippen LogP contribution in [0.5, 0.6) is 0 Å². The number of hydrogen-bond acceptors (Lipinski definition) is 1. The van der Waals surface area contributed by atoms with Crippen molar-refractivity contribution in [3.8, 4) is 0 Å². The number of carbonyl (C=O) groups is 1. The highest BCUT2D eigenvalue weighted by atomic mass is 79.9. The largest absolute Gasteiger partial charge is 0.322 e. The fraction of sp³-hybridized carbons (Fsp3) is 0.133. The highest BCUT2D eigenvalue weighted by Gasteiger charge is 2.12. The molecule has 0 aliphatic carbocycles. The summed E-state index contributed by atoms with van der Waals surface area (Å²) in [4.78, 5) is 12.2. The van der Waals surface area contributed by atoms with Crippen LogP contribution in [0.25, 0.3) is 0 Å². The summed E-state index contributed by atoms with van der Waals surface area (Å²) in [5.41, 5.74) is 3.15. The maximum Gasteiger partial charge on any atom is 0.257 e. The van der Waals surface area contributed by atoms with Crippen LogP contribution in [0.15, 0.2) is 40.9 Å². The first kappa shape index (κ1) is 14.1. The zero-order valence-electron chi connectivity index (χ0n) is 10.6. The van der Waals surface area contributed by atoms with Gasteiger partial charge in [-0.3, -0.25) is 4.79 Å². The normalized spacial score (nSPS) is 10.3. The van der Waals surface area contributed by atoms with E-state index in [0.29, 0.717) is 10.6 Å². The first-order valence-corrected chi connectivity index (χ1v) is 6.99. The Hall–Kier alpha value is -1.32. The molecular weight excluding hydrogens is 326 g/mol. The third kappa shape index (κ3) is 3.17. The monoisotopic (exact) mass is 337 g/mol. The smallest absolute Gasteiger partial charge is 0.257 e. The van der Waals surface area contributed by atoms with Gasteiger partial charge in [0.15, 0.2) is 0 Å². The molecule has 2 aromatic rings. The van der Waals surface area contributed by atoms with Crippen molar-refractivity contribution in [2.45, 2.75) is 13.8 Å². The van der Waals surface area contributed by atoms with Gasteiger partial charge in [-0.05, 0) is 43.2 Å². The molecule has 0 fully saturated rings. The molecule has 0 atom stereocenters. The summed E-state index contributed by atoms with van der Waals surface area (Å²) in [6.07, 6.45) is 0. The van der Waals surface area contributed by atoms with Crippen molar-refractivity contribution in [2.75, 3.05) is 5.32 Å². The minimum atomic E-state index is -0.199. The van der Waals surface area contributed by atoms with Gasteiger partial charge in [-0.15, -0.1) is 0 Å². The minimum Gasteiger partial charge on any atom is -0.322 e. The van der Waals surface area contributed by atoms with Crippen LogP contribution in [0, 0.1) is 13.8 Å². The molecule has 19 heavy (non-hydrogen) atoms. The van der Waals surface area contributed by atoms with E-state index in [1.807, 2.05) is 44.2 Å². The van der Waals surface area contributed by atoms with Gasteiger partial charge in [0.25, 0.3) is 5.91 Å². The lowest BCUT2D eigenvalue weighted by Crippen LogP contribution is -2.13. The summed E-state index contributed by atoms with van der Waals surface area (Å²) in [5.74, 6) is -0.199. The van der Waals surface area contributed by atoms with Crippen molar-refractivity contribution in [3.63, 3.8) is 0 Å². The Bertz CT molecular complexity index is 640. The quantitative estimate of drug-likeness (QED) is 0.823. The molecule has 0 spiro atoms. The summed E-state index contributed by atoms with van der Waals surface area (Å²) < 4.78 is 0.920. The van der Waals surface area contributed by atoms with E-state index in [9.17, 15) is 4.79 Å². The molecule has 0 saturated heterocycles. The lowest BCUT2D eigenvalue weighted by Gasteiger charge is -2.10. The second-order valence-electron chi connectivity index (χ2n) is 4.35. The molecule has 4 heteroatoms. The van der Waals surface area contributed by atoms with Crippen molar-refractivity contribution >= 4 is 39.1 Å². The number of rotatable bonds is 2. The summed E-state index contributed by atoms with van der Waals surface area (Å²) in [5, 5.41) is 3.38. The molecule has 2 aromatic carbocycles. The highest BCUT2D eigenvalue weighted by molar-refractivity contribution is 9.10. The van der Waals surface area contributed by atoms with Crippen molar-refractivity contribution < 1.29 is 4.79 Å². The molecule has 1 N–H and O–H groups in total. The average molecular weight is 339 g/mol. The maximum atomic E-state index is 12.2. The number of amides is 1. The zero-order chi connectivity index (χ0) is 14.0. The minimum absolute atomic E-state index is 0.199. The Morgan fingerprint density at radius 3 is 2.63 bits per heavy atom. The topological polar surface area (TPSA) is 29.1 Å². The number of anilines is 1. The molecule has 0 unspecified atom stereocenters. The van der Waals surface area contributed by atoms with Crippen LogP contribution in [-0.2, 0) is 0 Å². The van der Waals surface area contributed by atoms with Crippen LogP contribution in [-0.4, -0.2) is 5.91 Å². The molecule has 0 radical (unpaired) electrons. The number of nitrogens with one attached hydrogen (secondary N) is 1. The molecule has 2 rings (SSSR count). The molecule has 2 nitrogen and oxygen atoms in total. The van der Waals surface area contributed by atoms with Gasteiger partial charge in [0.1, 0.15) is 0 Å². The van der Waals surface area contributed by atoms with E-state index >= 15 is 0 Å². The second-order valence-corrected chi connectivity index (χ2v) is 5.64. The number of halogens is 2. The van der Waals surface area contributed by atoms with E-state index in [2.05, 4.69) is 21.2 Å². The Morgan fingerprint density at radius 1 is 1.16 bits per heavy atom. The molecule has 98 valence electrons. The van der Waals surface area contributed by atoms with Crippen LogP contribution in [0.2, 0.25) is 5.02 Å². The van der Waals surface area contributed by atoms with Crippen molar-refractivity contribution in [1.82, 2.24) is 0 Å². The Balaban J connectivity index is 2.31. The fourth-order valence-electron chi connectivity index (χ4n) is 1.74. The molecule has 0 saturated carbocycles. The van der Waals surface area contributed by atoms with Crippen molar-refractivity contribution in [2.24, 2.45) is 0 Å². The highest BCUT2D eigenvalue weighted by Crippen LogP contribution is 2.24. The van der Waals surface area contributed by atoms with E-state index in [1.165, 1.54) is 0 Å². The SMILES string of the molecule is Cc1ccc(Br)cc1NC(=O)c1cccc(C)c1Cl. The van der Waals surface area contributed by atoms with E-state index in [-0.39, 0.29) is 5.91 Å². The van der Waals surface area contributed by atoms with E-state index in [1.54, 1.807) is 6.07 Å². The van der Waals surface area contributed by atoms with Crippen LogP contribution >= 0.6 is 27.5 Å². The van der Waals surface area contributed by atoms with Gasteiger partial charge < -0.3 is 5.32 Å². The zero-order valence-corrected chi connectivity index (χ0v) is 13.0. The first-order chi connectivity index (χ1) is 8.99. The van der Waals surface area contributed by atoms with Crippen LogP contribution in [0.4, 0.5) is 5.69 Å². The van der Waals surface area contributed by atoms with Gasteiger partial charge in [-0.1, -0.05) is 45.7 Å². The second kappa shape index (κ2) is 5.76. The Kier molecular flexibility index (Phi) is 4.27. The van der Waals surface area contributed by atoms with Crippen LogP contribution in [0.3, 0.4) is 0 Å². The maximum absolute atomic E-state index is 12.2. The third-order valence-corrected chi connectivity index (χ3v) is 3.88. The third-order valence-electron chi connectivity index (χ3n) is 2.88. The Labute approximate surface area is 125 Å². The lowest BCUT2D eigenvalue weighted by atomic mass is 10.1. The van der Waals surface area contributed by atoms with Gasteiger partial charge in [0.05, 0.1) is 10.6 Å². The van der Waals surface area contributed by atoms with Crippen LogP contribution in [0.1, 0.15) is 21.5 Å². The van der Waals surface area contributed by atoms with E-state index in [0.717, 1.165) is 21.3 Å². The molecule has 0 aromatic heterocycles. The fourth-order valence-corrected chi connectivity index (χ4v) is 2.31. The van der Waals surface area contributed by atoms with Crippen molar-refractivity contribution in [1.29, 1.82) is 0 Å². The number of aryl methyl sites for hydroxylation is 2. The predicted octanol–water partition coefficient (Wildman–Crippen LogP) is 4.97. The molecule has 0 bridgehead atoms. The molecule has 1 amide bonds. The summed E-state index contributed by atoms with van der Waals surface area (Å²) >= 11 is 9.55. The van der Waals surface area contributed by atoms with Gasteiger partial charge in [0.2, 0.25) is 0 Å². The summed E-state index contributed by atoms with van der Waals surface area (Å²) in [6.45, 7) is 3.82. The van der Waals surface area contributed by atoms with E-state index in [4.69, 9.17) is 11.6 Å². The van der Waals surface area contributed by atoms with Crippen molar-refractivity contribution in [3.05, 3.63) is 62.6 Å². The molecule has 0 aliphatic heterocycles. The molecule has 0 heterocycles. The number of hydrogen-bond donors (Lipinski definition) is 1. The lowest BCUT2D eigenvalue weighted by molar-refractivity contribution is 0.102. The predicted molar refractivity (Wildman–Crippen MR) is 83.0 cm³/mol.